The number of rotatable bonds is 10. The molecule has 0 saturated carbocycles. The summed E-state index contributed by atoms with van der Waals surface area (Å²) in [5.74, 6) is -1.26. The maximum absolute atomic E-state index is 12.6. The van der Waals surface area contributed by atoms with Crippen LogP contribution < -0.4 is 14.4 Å². The zero-order valence-electron chi connectivity index (χ0n) is 18.0. The van der Waals surface area contributed by atoms with E-state index in [9.17, 15) is 28.1 Å². The van der Waals surface area contributed by atoms with Crippen molar-refractivity contribution < 1.29 is 32.4 Å². The van der Waals surface area contributed by atoms with E-state index >= 15 is 0 Å². The number of halogens is 1. The number of carbonyl (C=O) groups excluding carboxylic acids is 2. The number of amides is 1. The third kappa shape index (κ3) is 6.68. The van der Waals surface area contributed by atoms with E-state index in [-0.39, 0.29) is 26.4 Å². The van der Waals surface area contributed by atoms with E-state index in [1.165, 1.54) is 49.5 Å². The van der Waals surface area contributed by atoms with Crippen molar-refractivity contribution in [2.24, 2.45) is 0 Å². The average molecular weight is 540 g/mol. The molecule has 0 aliphatic carbocycles. The van der Waals surface area contributed by atoms with Crippen molar-refractivity contribution in [3.63, 3.8) is 0 Å². The highest BCUT2D eigenvalue weighted by molar-refractivity contribution is 7.94. The molecule has 0 fully saturated rings. The van der Waals surface area contributed by atoms with Crippen molar-refractivity contribution in [3.05, 3.63) is 75.1 Å². The number of ether oxygens (including phenoxy) is 2. The first-order chi connectivity index (χ1) is 16.6. The first kappa shape index (κ1) is 25.9. The van der Waals surface area contributed by atoms with Crippen LogP contribution in [0.25, 0.3) is 0 Å². The number of esters is 1. The number of nitrogens with zero attached hydrogens (tertiary/aromatic N) is 2. The number of thiophene rings is 1. The molecule has 0 radical (unpaired) electrons. The standard InChI is InChI=1S/C21H18ClN3O8S2/c1-24(35(30,31)21-3-2-10-34-21)15-5-7-16(8-6-15)32-13-20(27)33-12-19(26)23-14-4-9-17(22)18(11-14)25(28)29/h2-11H,12-13H2,1H3,(H,23,26). The van der Waals surface area contributed by atoms with Gasteiger partial charge in [-0.25, -0.2) is 13.2 Å². The van der Waals surface area contributed by atoms with Crippen LogP contribution in [-0.4, -0.2) is 45.5 Å². The maximum atomic E-state index is 12.6. The summed E-state index contributed by atoms with van der Waals surface area (Å²) in [6, 6.07) is 12.9. The van der Waals surface area contributed by atoms with Gasteiger partial charge in [-0.05, 0) is 47.8 Å². The van der Waals surface area contributed by atoms with Gasteiger partial charge in [-0.15, -0.1) is 11.3 Å². The largest absolute Gasteiger partial charge is 0.482 e. The molecule has 0 aliphatic rings. The second-order valence-electron chi connectivity index (χ2n) is 6.82. The number of nitro benzene ring substituents is 1. The fraction of sp³-hybridized carbons (Fsp3) is 0.143. The highest BCUT2D eigenvalue weighted by Gasteiger charge is 2.22. The van der Waals surface area contributed by atoms with Gasteiger partial charge in [0.15, 0.2) is 13.2 Å². The summed E-state index contributed by atoms with van der Waals surface area (Å²) >= 11 is 6.82. The highest BCUT2D eigenvalue weighted by atomic mass is 35.5. The molecule has 0 atom stereocenters. The van der Waals surface area contributed by atoms with Crippen LogP contribution in [0.15, 0.2) is 64.2 Å². The van der Waals surface area contributed by atoms with Crippen LogP contribution in [0, 0.1) is 10.1 Å². The molecule has 2 aromatic carbocycles. The van der Waals surface area contributed by atoms with Crippen molar-refractivity contribution in [3.8, 4) is 5.75 Å². The first-order valence-electron chi connectivity index (χ1n) is 9.72. The van der Waals surface area contributed by atoms with E-state index in [2.05, 4.69) is 5.32 Å². The fourth-order valence-corrected chi connectivity index (χ4v) is 5.24. The van der Waals surface area contributed by atoms with Gasteiger partial charge in [-0.3, -0.25) is 19.2 Å². The monoisotopic (exact) mass is 539 g/mol. The second-order valence-corrected chi connectivity index (χ2v) is 10.4. The molecular weight excluding hydrogens is 522 g/mol. The number of hydrogen-bond donors (Lipinski definition) is 1. The van der Waals surface area contributed by atoms with Gasteiger partial charge in [0.05, 0.1) is 10.6 Å². The minimum absolute atomic E-state index is 0.0830. The summed E-state index contributed by atoms with van der Waals surface area (Å²) in [6.45, 7) is -1.13. The Labute approximate surface area is 209 Å². The van der Waals surface area contributed by atoms with E-state index < -0.39 is 40.0 Å². The summed E-state index contributed by atoms with van der Waals surface area (Å²) in [7, 11) is -2.25. The van der Waals surface area contributed by atoms with E-state index in [4.69, 9.17) is 21.1 Å². The Kier molecular flexibility index (Phi) is 8.27. The molecular formula is C21H18ClN3O8S2. The quantitative estimate of drug-likeness (QED) is 0.233. The van der Waals surface area contributed by atoms with E-state index in [1.54, 1.807) is 11.4 Å². The number of hydrogen-bond acceptors (Lipinski definition) is 9. The smallest absolute Gasteiger partial charge is 0.344 e. The zero-order valence-corrected chi connectivity index (χ0v) is 20.4. The van der Waals surface area contributed by atoms with E-state index in [0.717, 1.165) is 21.7 Å². The van der Waals surface area contributed by atoms with Gasteiger partial charge in [-0.2, -0.15) is 0 Å². The van der Waals surface area contributed by atoms with Crippen molar-refractivity contribution in [1.82, 2.24) is 0 Å². The summed E-state index contributed by atoms with van der Waals surface area (Å²) in [4.78, 5) is 34.0. The third-order valence-corrected chi connectivity index (χ3v) is 7.94. The molecule has 35 heavy (non-hydrogen) atoms. The summed E-state index contributed by atoms with van der Waals surface area (Å²) in [5.41, 5.74) is 0.133. The van der Waals surface area contributed by atoms with Gasteiger partial charge in [0.1, 0.15) is 15.0 Å². The van der Waals surface area contributed by atoms with Gasteiger partial charge in [0.25, 0.3) is 21.6 Å². The molecule has 1 heterocycles. The van der Waals surface area contributed by atoms with Gasteiger partial charge in [0, 0.05) is 18.8 Å². The minimum atomic E-state index is -3.68. The van der Waals surface area contributed by atoms with Crippen LogP contribution in [0.3, 0.4) is 0 Å². The topological polar surface area (TPSA) is 145 Å². The average Bonchev–Trinajstić information content (AvgIpc) is 3.38. The molecule has 184 valence electrons. The Morgan fingerprint density at radius 3 is 2.49 bits per heavy atom. The Morgan fingerprint density at radius 1 is 1.14 bits per heavy atom. The molecule has 0 spiro atoms. The van der Waals surface area contributed by atoms with Gasteiger partial charge < -0.3 is 14.8 Å². The number of anilines is 2. The first-order valence-corrected chi connectivity index (χ1v) is 12.4. The van der Waals surface area contributed by atoms with Crippen LogP contribution in [0.1, 0.15) is 0 Å². The summed E-state index contributed by atoms with van der Waals surface area (Å²) in [5, 5.41) is 14.9. The zero-order chi connectivity index (χ0) is 25.6. The van der Waals surface area contributed by atoms with Crippen LogP contribution in [0.4, 0.5) is 17.1 Å². The van der Waals surface area contributed by atoms with Gasteiger partial charge in [0.2, 0.25) is 0 Å². The number of nitrogens with one attached hydrogen (secondary N) is 1. The molecule has 3 aromatic rings. The number of nitro groups is 1. The second kappa shape index (κ2) is 11.2. The molecule has 0 saturated heterocycles. The van der Waals surface area contributed by atoms with Gasteiger partial charge >= 0.3 is 5.97 Å². The Balaban J connectivity index is 1.47. The predicted octanol–water partition coefficient (Wildman–Crippen LogP) is 3.70. The van der Waals surface area contributed by atoms with Crippen LogP contribution >= 0.6 is 22.9 Å². The Hall–Kier alpha value is -3.68. The lowest BCUT2D eigenvalue weighted by atomic mass is 10.3. The van der Waals surface area contributed by atoms with Gasteiger partial charge in [-0.1, -0.05) is 17.7 Å². The normalized spacial score (nSPS) is 10.9. The molecule has 1 amide bonds. The van der Waals surface area contributed by atoms with Crippen molar-refractivity contribution in [1.29, 1.82) is 0 Å². The van der Waals surface area contributed by atoms with Crippen LogP contribution in [0.5, 0.6) is 5.75 Å². The fourth-order valence-electron chi connectivity index (χ4n) is 2.69. The third-order valence-electron chi connectivity index (χ3n) is 4.46. The molecule has 11 nitrogen and oxygen atoms in total. The van der Waals surface area contributed by atoms with Crippen molar-refractivity contribution in [2.75, 3.05) is 29.9 Å². The lowest BCUT2D eigenvalue weighted by Gasteiger charge is -2.18. The van der Waals surface area contributed by atoms with Crippen LogP contribution in [-0.2, 0) is 24.3 Å². The molecule has 0 aliphatic heterocycles. The molecule has 1 aromatic heterocycles. The van der Waals surface area contributed by atoms with E-state index in [0.29, 0.717) is 5.69 Å². The molecule has 3 rings (SSSR count). The molecule has 0 bridgehead atoms. The summed E-state index contributed by atoms with van der Waals surface area (Å²) in [6.07, 6.45) is 0. The number of benzene rings is 2. The SMILES string of the molecule is CN(c1ccc(OCC(=O)OCC(=O)Nc2ccc(Cl)c([N+](=O)[O-])c2)cc1)S(=O)(=O)c1cccs1. The lowest BCUT2D eigenvalue weighted by molar-refractivity contribution is -0.384. The lowest BCUT2D eigenvalue weighted by Crippen LogP contribution is -2.25. The number of sulfonamides is 1. The molecule has 1 N–H and O–H groups in total. The van der Waals surface area contributed by atoms with Crippen molar-refractivity contribution in [2.45, 2.75) is 4.21 Å². The van der Waals surface area contributed by atoms with Crippen LogP contribution in [0.2, 0.25) is 5.02 Å². The maximum Gasteiger partial charge on any atom is 0.344 e. The molecule has 0 unspecified atom stereocenters. The Morgan fingerprint density at radius 2 is 1.86 bits per heavy atom. The highest BCUT2D eigenvalue weighted by Crippen LogP contribution is 2.28. The molecule has 14 heteroatoms. The summed E-state index contributed by atoms with van der Waals surface area (Å²) < 4.78 is 36.6. The number of carbonyl (C=O) groups is 2. The Bertz CT molecular complexity index is 1330. The predicted molar refractivity (Wildman–Crippen MR) is 130 cm³/mol. The van der Waals surface area contributed by atoms with E-state index in [1.807, 2.05) is 0 Å². The van der Waals surface area contributed by atoms with Crippen molar-refractivity contribution >= 4 is 61.9 Å². The minimum Gasteiger partial charge on any atom is -0.482 e.